The van der Waals surface area contributed by atoms with Gasteiger partial charge >= 0.3 is 0 Å². The number of rotatable bonds is 6. The highest BCUT2D eigenvalue weighted by Gasteiger charge is 2.62. The standard InChI is InChI=1S/C31H54O/c1-9-23(20(2)3)11-10-21(4)24-14-18-31(8)27-13-12-25-22(5)28(32)16-17-29(25,6)26(27)15-19-30(24,31)7/h20-25,28,32H,9-19H2,1-8H3/t21-,22+,23+,24-,25+,28+,29+,30-,31+/m1/s1. The van der Waals surface area contributed by atoms with E-state index in [2.05, 4.69) is 55.4 Å². The maximum atomic E-state index is 10.6. The smallest absolute Gasteiger partial charge is 0.0569 e. The molecule has 4 rings (SSSR count). The van der Waals surface area contributed by atoms with Crippen LogP contribution in [0.4, 0.5) is 0 Å². The Labute approximate surface area is 200 Å². The summed E-state index contributed by atoms with van der Waals surface area (Å²) < 4.78 is 0. The second kappa shape index (κ2) is 8.73. The largest absolute Gasteiger partial charge is 0.393 e. The minimum atomic E-state index is -0.0748. The molecule has 184 valence electrons. The molecular weight excluding hydrogens is 388 g/mol. The van der Waals surface area contributed by atoms with Crippen LogP contribution in [0.15, 0.2) is 11.1 Å². The Balaban J connectivity index is 1.58. The minimum Gasteiger partial charge on any atom is -0.393 e. The number of allylic oxidation sites excluding steroid dienone is 2. The van der Waals surface area contributed by atoms with Gasteiger partial charge in [-0.15, -0.1) is 0 Å². The Kier molecular flexibility index (Phi) is 6.77. The van der Waals surface area contributed by atoms with Crippen LogP contribution in [0, 0.1) is 51.8 Å². The van der Waals surface area contributed by atoms with Crippen LogP contribution in [0.5, 0.6) is 0 Å². The Morgan fingerprint density at radius 2 is 1.62 bits per heavy atom. The average Bonchev–Trinajstić information content (AvgIpc) is 3.02. The highest BCUT2D eigenvalue weighted by Crippen LogP contribution is 2.71. The quantitative estimate of drug-likeness (QED) is 0.407. The molecule has 0 spiro atoms. The second-order valence-electron chi connectivity index (χ2n) is 13.8. The van der Waals surface area contributed by atoms with Crippen LogP contribution in [0.1, 0.15) is 126 Å². The molecule has 0 aromatic heterocycles. The lowest BCUT2D eigenvalue weighted by Crippen LogP contribution is -2.51. The van der Waals surface area contributed by atoms with Crippen molar-refractivity contribution in [3.63, 3.8) is 0 Å². The predicted molar refractivity (Wildman–Crippen MR) is 137 cm³/mol. The first-order valence-corrected chi connectivity index (χ1v) is 14.4. The molecule has 9 atom stereocenters. The van der Waals surface area contributed by atoms with Gasteiger partial charge in [0.05, 0.1) is 6.10 Å². The molecule has 0 radical (unpaired) electrons. The van der Waals surface area contributed by atoms with Crippen LogP contribution >= 0.6 is 0 Å². The Morgan fingerprint density at radius 1 is 0.906 bits per heavy atom. The number of aliphatic hydroxyl groups excluding tert-OH is 1. The zero-order valence-corrected chi connectivity index (χ0v) is 22.8. The van der Waals surface area contributed by atoms with Crippen LogP contribution < -0.4 is 0 Å². The first-order chi connectivity index (χ1) is 15.0. The highest BCUT2D eigenvalue weighted by atomic mass is 16.3. The van der Waals surface area contributed by atoms with Gasteiger partial charge in [-0.25, -0.2) is 0 Å². The van der Waals surface area contributed by atoms with Crippen LogP contribution in [0.2, 0.25) is 0 Å². The molecule has 0 aromatic rings. The van der Waals surface area contributed by atoms with E-state index in [1.165, 1.54) is 64.2 Å². The fraction of sp³-hybridized carbons (Fsp3) is 0.935. The molecule has 2 saturated carbocycles. The Bertz CT molecular complexity index is 720. The van der Waals surface area contributed by atoms with E-state index >= 15 is 0 Å². The van der Waals surface area contributed by atoms with Gasteiger partial charge in [-0.2, -0.15) is 0 Å². The maximum absolute atomic E-state index is 10.6. The molecule has 0 aliphatic heterocycles. The summed E-state index contributed by atoms with van der Waals surface area (Å²) in [4.78, 5) is 0. The zero-order chi connectivity index (χ0) is 23.5. The molecule has 1 nitrogen and oxygen atoms in total. The second-order valence-corrected chi connectivity index (χ2v) is 13.8. The van der Waals surface area contributed by atoms with Crippen molar-refractivity contribution in [3.8, 4) is 0 Å². The van der Waals surface area contributed by atoms with Crippen molar-refractivity contribution in [1.29, 1.82) is 0 Å². The van der Waals surface area contributed by atoms with Gasteiger partial charge in [-0.05, 0) is 110 Å². The monoisotopic (exact) mass is 442 g/mol. The van der Waals surface area contributed by atoms with Gasteiger partial charge in [0.1, 0.15) is 0 Å². The van der Waals surface area contributed by atoms with Crippen LogP contribution in [0.3, 0.4) is 0 Å². The van der Waals surface area contributed by atoms with Crippen LogP contribution in [-0.2, 0) is 0 Å². The SMILES string of the molecule is CC[C@@H](CC[C@@H](C)[C@H]1CC[C@@]2(C)C3=C(CC[C@]12C)[C@@]1(C)CC[C@H](O)[C@@H](C)[C@@H]1CC3)C(C)C. The van der Waals surface area contributed by atoms with Gasteiger partial charge in [-0.3, -0.25) is 0 Å². The molecule has 2 fully saturated rings. The molecule has 0 saturated heterocycles. The summed E-state index contributed by atoms with van der Waals surface area (Å²) in [6.07, 6.45) is 14.5. The third-order valence-electron chi connectivity index (χ3n) is 12.5. The summed E-state index contributed by atoms with van der Waals surface area (Å²) >= 11 is 0. The number of hydrogen-bond donors (Lipinski definition) is 1. The first kappa shape index (κ1) is 24.8. The zero-order valence-electron chi connectivity index (χ0n) is 22.8. The molecule has 0 bridgehead atoms. The van der Waals surface area contributed by atoms with E-state index in [1.54, 1.807) is 0 Å². The topological polar surface area (TPSA) is 20.2 Å². The lowest BCUT2D eigenvalue weighted by molar-refractivity contribution is -0.0414. The molecule has 32 heavy (non-hydrogen) atoms. The van der Waals surface area contributed by atoms with Crippen molar-refractivity contribution in [2.45, 2.75) is 132 Å². The van der Waals surface area contributed by atoms with Crippen molar-refractivity contribution >= 4 is 0 Å². The molecule has 0 amide bonds. The summed E-state index contributed by atoms with van der Waals surface area (Å²) in [5, 5.41) is 10.6. The van der Waals surface area contributed by atoms with Gasteiger partial charge in [0, 0.05) is 0 Å². The van der Waals surface area contributed by atoms with Crippen LogP contribution in [0.25, 0.3) is 0 Å². The normalized spacial score (nSPS) is 45.9. The third kappa shape index (κ3) is 3.58. The fourth-order valence-electron chi connectivity index (χ4n) is 9.94. The van der Waals surface area contributed by atoms with E-state index in [9.17, 15) is 5.11 Å². The van der Waals surface area contributed by atoms with E-state index in [0.29, 0.717) is 28.1 Å². The predicted octanol–water partition coefficient (Wildman–Crippen LogP) is 8.81. The summed E-state index contributed by atoms with van der Waals surface area (Å²) in [5.74, 6) is 4.63. The van der Waals surface area contributed by atoms with Crippen molar-refractivity contribution in [1.82, 2.24) is 0 Å². The van der Waals surface area contributed by atoms with Crippen molar-refractivity contribution in [3.05, 3.63) is 11.1 Å². The molecule has 4 aliphatic rings. The molecule has 0 heterocycles. The van der Waals surface area contributed by atoms with E-state index in [-0.39, 0.29) is 6.10 Å². The Hall–Kier alpha value is -0.300. The van der Waals surface area contributed by atoms with Gasteiger partial charge < -0.3 is 5.11 Å². The average molecular weight is 443 g/mol. The summed E-state index contributed by atoms with van der Waals surface area (Å²) in [6.45, 7) is 20.1. The minimum absolute atomic E-state index is 0.0748. The lowest BCUT2D eigenvalue weighted by atomic mass is 9.45. The van der Waals surface area contributed by atoms with Crippen molar-refractivity contribution in [2.24, 2.45) is 51.8 Å². The van der Waals surface area contributed by atoms with Gasteiger partial charge in [-0.1, -0.05) is 79.4 Å². The third-order valence-corrected chi connectivity index (χ3v) is 12.5. The fourth-order valence-corrected chi connectivity index (χ4v) is 9.94. The van der Waals surface area contributed by atoms with E-state index in [4.69, 9.17) is 0 Å². The van der Waals surface area contributed by atoms with Crippen LogP contribution in [-0.4, -0.2) is 11.2 Å². The van der Waals surface area contributed by atoms with E-state index in [0.717, 1.165) is 30.1 Å². The molecule has 0 aromatic carbocycles. The lowest BCUT2D eigenvalue weighted by Gasteiger charge is -2.60. The summed E-state index contributed by atoms with van der Waals surface area (Å²) in [6, 6.07) is 0. The summed E-state index contributed by atoms with van der Waals surface area (Å²) in [5.41, 5.74) is 5.01. The molecule has 1 N–H and O–H groups in total. The molecular formula is C31H54O. The van der Waals surface area contributed by atoms with Crippen molar-refractivity contribution in [2.75, 3.05) is 0 Å². The van der Waals surface area contributed by atoms with E-state index in [1.807, 2.05) is 11.1 Å². The maximum Gasteiger partial charge on any atom is 0.0569 e. The summed E-state index contributed by atoms with van der Waals surface area (Å²) in [7, 11) is 0. The first-order valence-electron chi connectivity index (χ1n) is 14.4. The van der Waals surface area contributed by atoms with Crippen molar-refractivity contribution < 1.29 is 5.11 Å². The van der Waals surface area contributed by atoms with Gasteiger partial charge in [0.25, 0.3) is 0 Å². The van der Waals surface area contributed by atoms with Gasteiger partial charge in [0.2, 0.25) is 0 Å². The highest BCUT2D eigenvalue weighted by molar-refractivity contribution is 5.38. The Morgan fingerprint density at radius 3 is 2.28 bits per heavy atom. The van der Waals surface area contributed by atoms with E-state index < -0.39 is 0 Å². The molecule has 1 heteroatoms. The van der Waals surface area contributed by atoms with Gasteiger partial charge in [0.15, 0.2) is 0 Å². The number of aliphatic hydroxyl groups is 1. The number of fused-ring (bicyclic) bond motifs is 4. The molecule has 4 aliphatic carbocycles. The molecule has 0 unspecified atom stereocenters. The number of hydrogen-bond acceptors (Lipinski definition) is 1.